The summed E-state index contributed by atoms with van der Waals surface area (Å²) in [6.07, 6.45) is 1.78. The van der Waals surface area contributed by atoms with Gasteiger partial charge in [0.15, 0.2) is 0 Å². The fourth-order valence-corrected chi connectivity index (χ4v) is 1.76. The van der Waals surface area contributed by atoms with Crippen LogP contribution >= 0.6 is 0 Å². The maximum Gasteiger partial charge on any atom is 0.127 e. The van der Waals surface area contributed by atoms with Crippen LogP contribution in [0.15, 0.2) is 36.5 Å². The molecule has 17 heavy (non-hydrogen) atoms. The van der Waals surface area contributed by atoms with E-state index in [1.807, 2.05) is 23.7 Å². The third kappa shape index (κ3) is 2.91. The summed E-state index contributed by atoms with van der Waals surface area (Å²) in [5.41, 5.74) is 1.80. The lowest BCUT2D eigenvalue weighted by atomic mass is 10.2. The molecule has 0 radical (unpaired) electrons. The van der Waals surface area contributed by atoms with Crippen molar-refractivity contribution in [1.82, 2.24) is 15.1 Å². The van der Waals surface area contributed by atoms with Crippen LogP contribution < -0.4 is 5.32 Å². The van der Waals surface area contributed by atoms with E-state index in [2.05, 4.69) is 10.4 Å². The number of nitrogens with one attached hydrogen (secondary N) is 1. The highest BCUT2D eigenvalue weighted by molar-refractivity contribution is 5.17. The minimum Gasteiger partial charge on any atom is -0.307 e. The molecule has 1 heterocycles. The molecule has 0 amide bonds. The molecule has 1 aromatic heterocycles. The van der Waals surface area contributed by atoms with Crippen LogP contribution in [0.4, 0.5) is 4.39 Å². The molecule has 0 fully saturated rings. The first-order valence-electron chi connectivity index (χ1n) is 5.76. The molecular weight excluding hydrogens is 217 g/mol. The van der Waals surface area contributed by atoms with Gasteiger partial charge in [0, 0.05) is 31.4 Å². The van der Waals surface area contributed by atoms with Gasteiger partial charge in [-0.15, -0.1) is 0 Å². The molecule has 0 saturated heterocycles. The van der Waals surface area contributed by atoms with Gasteiger partial charge < -0.3 is 5.32 Å². The molecule has 1 N–H and O–H groups in total. The van der Waals surface area contributed by atoms with E-state index >= 15 is 0 Å². The fraction of sp³-hybridized carbons (Fsp3) is 0.308. The Kier molecular flexibility index (Phi) is 3.88. The van der Waals surface area contributed by atoms with Crippen LogP contribution in [0.3, 0.4) is 0 Å². The third-order valence-corrected chi connectivity index (χ3v) is 2.68. The van der Waals surface area contributed by atoms with Crippen LogP contribution in [-0.2, 0) is 19.6 Å². The van der Waals surface area contributed by atoms with E-state index in [9.17, 15) is 4.39 Å². The molecule has 4 heteroatoms. The van der Waals surface area contributed by atoms with Gasteiger partial charge in [0.05, 0.1) is 5.69 Å². The highest BCUT2D eigenvalue weighted by Gasteiger charge is 2.02. The van der Waals surface area contributed by atoms with Gasteiger partial charge in [-0.1, -0.05) is 18.2 Å². The summed E-state index contributed by atoms with van der Waals surface area (Å²) < 4.78 is 15.3. The van der Waals surface area contributed by atoms with Gasteiger partial charge in [-0.3, -0.25) is 4.68 Å². The fourth-order valence-electron chi connectivity index (χ4n) is 1.76. The van der Waals surface area contributed by atoms with Crippen LogP contribution in [0, 0.1) is 5.82 Å². The average molecular weight is 233 g/mol. The number of hydrogen-bond donors (Lipinski definition) is 1. The minimum atomic E-state index is -0.163. The molecule has 2 rings (SSSR count). The van der Waals surface area contributed by atoms with E-state index in [1.54, 1.807) is 18.3 Å². The van der Waals surface area contributed by atoms with Crippen LogP contribution in [0.2, 0.25) is 0 Å². The van der Waals surface area contributed by atoms with E-state index in [0.717, 1.165) is 12.2 Å². The van der Waals surface area contributed by atoms with Crippen molar-refractivity contribution in [3.05, 3.63) is 53.6 Å². The molecule has 0 saturated carbocycles. The summed E-state index contributed by atoms with van der Waals surface area (Å²) in [6.45, 7) is 4.13. The van der Waals surface area contributed by atoms with Crippen molar-refractivity contribution >= 4 is 0 Å². The van der Waals surface area contributed by atoms with E-state index in [-0.39, 0.29) is 5.82 Å². The molecule has 0 aliphatic heterocycles. The normalized spacial score (nSPS) is 10.7. The summed E-state index contributed by atoms with van der Waals surface area (Å²) >= 11 is 0. The van der Waals surface area contributed by atoms with Gasteiger partial charge >= 0.3 is 0 Å². The van der Waals surface area contributed by atoms with E-state index < -0.39 is 0 Å². The largest absolute Gasteiger partial charge is 0.307 e. The van der Waals surface area contributed by atoms with E-state index in [4.69, 9.17) is 0 Å². The Morgan fingerprint density at radius 1 is 1.24 bits per heavy atom. The highest BCUT2D eigenvalue weighted by Crippen LogP contribution is 2.06. The van der Waals surface area contributed by atoms with Crippen molar-refractivity contribution in [3.8, 4) is 0 Å². The summed E-state index contributed by atoms with van der Waals surface area (Å²) in [5, 5.41) is 7.40. The lowest BCUT2D eigenvalue weighted by Crippen LogP contribution is -2.16. The second-order valence-electron chi connectivity index (χ2n) is 3.83. The SMILES string of the molecule is CCn1nccc1CNCc1ccccc1F. The molecule has 0 aliphatic carbocycles. The van der Waals surface area contributed by atoms with Crippen molar-refractivity contribution in [1.29, 1.82) is 0 Å². The standard InChI is InChI=1S/C13H16FN3/c1-2-17-12(7-8-16-17)10-15-9-11-5-3-4-6-13(11)14/h3-8,15H,2,9-10H2,1H3. The maximum absolute atomic E-state index is 13.3. The second-order valence-corrected chi connectivity index (χ2v) is 3.83. The topological polar surface area (TPSA) is 29.9 Å². The summed E-state index contributed by atoms with van der Waals surface area (Å²) in [4.78, 5) is 0. The number of aromatic nitrogens is 2. The quantitative estimate of drug-likeness (QED) is 0.859. The molecule has 2 aromatic rings. The number of hydrogen-bond acceptors (Lipinski definition) is 2. The zero-order valence-corrected chi connectivity index (χ0v) is 9.86. The molecule has 3 nitrogen and oxygen atoms in total. The predicted octanol–water partition coefficient (Wildman–Crippen LogP) is 2.33. The van der Waals surface area contributed by atoms with Crippen molar-refractivity contribution in [2.75, 3.05) is 0 Å². The zero-order valence-electron chi connectivity index (χ0n) is 9.86. The van der Waals surface area contributed by atoms with E-state index in [0.29, 0.717) is 18.7 Å². The lowest BCUT2D eigenvalue weighted by Gasteiger charge is -2.07. The van der Waals surface area contributed by atoms with Crippen LogP contribution in [0.1, 0.15) is 18.2 Å². The van der Waals surface area contributed by atoms with Gasteiger partial charge in [0.1, 0.15) is 5.82 Å². The second kappa shape index (κ2) is 5.59. The molecule has 0 unspecified atom stereocenters. The number of rotatable bonds is 5. The lowest BCUT2D eigenvalue weighted by molar-refractivity contribution is 0.561. The van der Waals surface area contributed by atoms with Gasteiger partial charge in [-0.05, 0) is 19.1 Å². The molecule has 0 spiro atoms. The first-order valence-corrected chi connectivity index (χ1v) is 5.76. The smallest absolute Gasteiger partial charge is 0.127 e. The van der Waals surface area contributed by atoms with Gasteiger partial charge in [-0.2, -0.15) is 5.10 Å². The van der Waals surface area contributed by atoms with Crippen LogP contribution in [0.25, 0.3) is 0 Å². The maximum atomic E-state index is 13.3. The van der Waals surface area contributed by atoms with Crippen LogP contribution in [-0.4, -0.2) is 9.78 Å². The summed E-state index contributed by atoms with van der Waals surface area (Å²) in [6, 6.07) is 8.78. The van der Waals surface area contributed by atoms with Gasteiger partial charge in [0.2, 0.25) is 0 Å². The number of halogens is 1. The molecule has 1 aromatic carbocycles. The zero-order chi connectivity index (χ0) is 12.1. The average Bonchev–Trinajstić information content (AvgIpc) is 2.79. The van der Waals surface area contributed by atoms with Gasteiger partial charge in [0.25, 0.3) is 0 Å². The number of aryl methyl sites for hydroxylation is 1. The van der Waals surface area contributed by atoms with E-state index in [1.165, 1.54) is 6.07 Å². The molecule has 90 valence electrons. The first kappa shape index (κ1) is 11.8. The highest BCUT2D eigenvalue weighted by atomic mass is 19.1. The van der Waals surface area contributed by atoms with Gasteiger partial charge in [-0.25, -0.2) is 4.39 Å². The molecular formula is C13H16FN3. The number of nitrogens with zero attached hydrogens (tertiary/aromatic N) is 2. The van der Waals surface area contributed by atoms with Crippen molar-refractivity contribution < 1.29 is 4.39 Å². The first-order chi connectivity index (χ1) is 8.31. The molecule has 0 bridgehead atoms. The Hall–Kier alpha value is -1.68. The Balaban J connectivity index is 1.90. The van der Waals surface area contributed by atoms with Crippen molar-refractivity contribution in [2.24, 2.45) is 0 Å². The third-order valence-electron chi connectivity index (χ3n) is 2.68. The van der Waals surface area contributed by atoms with Crippen molar-refractivity contribution in [3.63, 3.8) is 0 Å². The van der Waals surface area contributed by atoms with Crippen molar-refractivity contribution in [2.45, 2.75) is 26.6 Å². The number of benzene rings is 1. The summed E-state index contributed by atoms with van der Waals surface area (Å²) in [5.74, 6) is -0.163. The molecule has 0 aliphatic rings. The Labute approximate surface area is 100 Å². The minimum absolute atomic E-state index is 0.163. The Bertz CT molecular complexity index is 479. The predicted molar refractivity (Wildman–Crippen MR) is 64.8 cm³/mol. The monoisotopic (exact) mass is 233 g/mol. The Morgan fingerprint density at radius 2 is 2.06 bits per heavy atom. The summed E-state index contributed by atoms with van der Waals surface area (Å²) in [7, 11) is 0. The Morgan fingerprint density at radius 3 is 2.82 bits per heavy atom. The molecule has 0 atom stereocenters. The van der Waals surface area contributed by atoms with Crippen LogP contribution in [0.5, 0.6) is 0 Å².